The summed E-state index contributed by atoms with van der Waals surface area (Å²) in [6, 6.07) is 12.1. The van der Waals surface area contributed by atoms with Gasteiger partial charge in [-0.25, -0.2) is 0 Å². The van der Waals surface area contributed by atoms with Crippen LogP contribution in [0.15, 0.2) is 61.2 Å². The second kappa shape index (κ2) is 9.82. The minimum absolute atomic E-state index is 0.285. The zero-order chi connectivity index (χ0) is 19.6. The number of benzene rings is 2. The van der Waals surface area contributed by atoms with Gasteiger partial charge in [0.05, 0.1) is 25.5 Å². The second-order valence-corrected chi connectivity index (χ2v) is 5.51. The van der Waals surface area contributed by atoms with Gasteiger partial charge in [-0.15, -0.1) is 6.58 Å². The van der Waals surface area contributed by atoms with Crippen LogP contribution in [0.1, 0.15) is 15.9 Å². The van der Waals surface area contributed by atoms with E-state index in [2.05, 4.69) is 17.2 Å². The first-order valence-electron chi connectivity index (χ1n) is 8.27. The molecule has 2 aromatic rings. The fourth-order valence-electron chi connectivity index (χ4n) is 2.32. The van der Waals surface area contributed by atoms with Crippen molar-refractivity contribution in [3.63, 3.8) is 0 Å². The van der Waals surface area contributed by atoms with E-state index in [-0.39, 0.29) is 11.8 Å². The first-order chi connectivity index (χ1) is 13.1. The lowest BCUT2D eigenvalue weighted by atomic mass is 10.1. The lowest BCUT2D eigenvalue weighted by Crippen LogP contribution is -2.24. The van der Waals surface area contributed by atoms with Crippen molar-refractivity contribution < 1.29 is 19.1 Å². The van der Waals surface area contributed by atoms with Gasteiger partial charge in [-0.3, -0.25) is 9.59 Å². The van der Waals surface area contributed by atoms with Gasteiger partial charge in [0, 0.05) is 18.7 Å². The van der Waals surface area contributed by atoms with Gasteiger partial charge in [-0.05, 0) is 35.9 Å². The van der Waals surface area contributed by atoms with Crippen molar-refractivity contribution in [2.75, 3.05) is 26.1 Å². The minimum Gasteiger partial charge on any atom is -0.497 e. The zero-order valence-electron chi connectivity index (χ0n) is 15.3. The normalized spacial score (nSPS) is 10.3. The maximum Gasteiger partial charge on any atom is 0.253 e. The molecule has 0 aliphatic heterocycles. The van der Waals surface area contributed by atoms with E-state index in [0.29, 0.717) is 29.3 Å². The molecule has 0 saturated heterocycles. The van der Waals surface area contributed by atoms with Crippen LogP contribution in [0.4, 0.5) is 5.69 Å². The number of methoxy groups -OCH3 is 2. The number of nitrogens with one attached hydrogen (secondary N) is 2. The topological polar surface area (TPSA) is 76.7 Å². The van der Waals surface area contributed by atoms with E-state index >= 15 is 0 Å². The number of carbonyl (C=O) groups is 2. The molecule has 27 heavy (non-hydrogen) atoms. The summed E-state index contributed by atoms with van der Waals surface area (Å²) in [6.45, 7) is 3.91. The number of amides is 2. The van der Waals surface area contributed by atoms with Crippen LogP contribution >= 0.6 is 0 Å². The third-order valence-corrected chi connectivity index (χ3v) is 3.64. The number of para-hydroxylation sites is 1. The molecule has 0 spiro atoms. The molecule has 0 unspecified atom stereocenters. The molecule has 140 valence electrons. The van der Waals surface area contributed by atoms with E-state index in [1.807, 2.05) is 0 Å². The summed E-state index contributed by atoms with van der Waals surface area (Å²) >= 11 is 0. The minimum atomic E-state index is -0.360. The smallest absolute Gasteiger partial charge is 0.253 e. The standard InChI is InChI=1S/C21H22N2O4/c1-4-11-22-21(25)18-7-5-6-8-19(18)23-20(24)10-9-15-12-16(26-2)14-17(13-15)27-3/h4-10,12-14H,1,11H2,2-3H3,(H,22,25)(H,23,24)/b10-9+. The Bertz CT molecular complexity index is 837. The van der Waals surface area contributed by atoms with Gasteiger partial charge in [-0.2, -0.15) is 0 Å². The van der Waals surface area contributed by atoms with Crippen LogP contribution in [0.5, 0.6) is 11.5 Å². The maximum absolute atomic E-state index is 12.3. The molecule has 0 radical (unpaired) electrons. The lowest BCUT2D eigenvalue weighted by molar-refractivity contribution is -0.111. The average molecular weight is 366 g/mol. The molecule has 2 N–H and O–H groups in total. The predicted octanol–water partition coefficient (Wildman–Crippen LogP) is 3.27. The molecule has 0 atom stereocenters. The molecular weight excluding hydrogens is 344 g/mol. The summed E-state index contributed by atoms with van der Waals surface area (Å²) in [5.41, 5.74) is 1.56. The van der Waals surface area contributed by atoms with E-state index in [1.165, 1.54) is 6.08 Å². The van der Waals surface area contributed by atoms with Gasteiger partial charge >= 0.3 is 0 Å². The van der Waals surface area contributed by atoms with Crippen molar-refractivity contribution in [1.29, 1.82) is 0 Å². The highest BCUT2D eigenvalue weighted by Gasteiger charge is 2.11. The van der Waals surface area contributed by atoms with Gasteiger partial charge in [0.1, 0.15) is 11.5 Å². The Labute approximate surface area is 158 Å². The van der Waals surface area contributed by atoms with Crippen molar-refractivity contribution in [3.05, 3.63) is 72.3 Å². The van der Waals surface area contributed by atoms with Crippen LogP contribution in [0.25, 0.3) is 6.08 Å². The molecule has 0 heterocycles. The van der Waals surface area contributed by atoms with Crippen molar-refractivity contribution in [1.82, 2.24) is 5.32 Å². The fraction of sp³-hybridized carbons (Fsp3) is 0.143. The van der Waals surface area contributed by atoms with Crippen molar-refractivity contribution in [3.8, 4) is 11.5 Å². The Morgan fingerprint density at radius 1 is 1.07 bits per heavy atom. The van der Waals surface area contributed by atoms with Crippen LogP contribution in [-0.4, -0.2) is 32.6 Å². The quantitative estimate of drug-likeness (QED) is 0.555. The number of hydrogen-bond donors (Lipinski definition) is 2. The van der Waals surface area contributed by atoms with Crippen LogP contribution in [0.2, 0.25) is 0 Å². The highest BCUT2D eigenvalue weighted by Crippen LogP contribution is 2.23. The van der Waals surface area contributed by atoms with Crippen LogP contribution in [-0.2, 0) is 4.79 Å². The molecule has 0 aliphatic carbocycles. The summed E-state index contributed by atoms with van der Waals surface area (Å²) in [5.74, 6) is 0.602. The van der Waals surface area contributed by atoms with Gasteiger partial charge in [-0.1, -0.05) is 18.2 Å². The Kier molecular flexibility index (Phi) is 7.19. The number of hydrogen-bond acceptors (Lipinski definition) is 4. The van der Waals surface area contributed by atoms with Gasteiger partial charge in [0.15, 0.2) is 0 Å². The van der Waals surface area contributed by atoms with Crippen molar-refractivity contribution in [2.45, 2.75) is 0 Å². The zero-order valence-corrected chi connectivity index (χ0v) is 15.3. The molecule has 2 aromatic carbocycles. The van der Waals surface area contributed by atoms with E-state index in [1.54, 1.807) is 68.8 Å². The van der Waals surface area contributed by atoms with Crippen LogP contribution in [0.3, 0.4) is 0 Å². The van der Waals surface area contributed by atoms with Crippen molar-refractivity contribution in [2.24, 2.45) is 0 Å². The molecule has 0 bridgehead atoms. The molecule has 0 saturated carbocycles. The predicted molar refractivity (Wildman–Crippen MR) is 106 cm³/mol. The monoisotopic (exact) mass is 366 g/mol. The Morgan fingerprint density at radius 3 is 2.37 bits per heavy atom. The third kappa shape index (κ3) is 5.74. The Hall–Kier alpha value is -3.54. The van der Waals surface area contributed by atoms with E-state index in [0.717, 1.165) is 5.56 Å². The number of ether oxygens (including phenoxy) is 2. The highest BCUT2D eigenvalue weighted by molar-refractivity contribution is 6.07. The van der Waals surface area contributed by atoms with Crippen LogP contribution < -0.4 is 20.1 Å². The maximum atomic E-state index is 12.3. The average Bonchev–Trinajstić information content (AvgIpc) is 2.70. The molecule has 6 heteroatoms. The molecule has 2 rings (SSSR count). The number of rotatable bonds is 8. The number of anilines is 1. The fourth-order valence-corrected chi connectivity index (χ4v) is 2.32. The number of carbonyl (C=O) groups excluding carboxylic acids is 2. The summed E-state index contributed by atoms with van der Waals surface area (Å²) in [4.78, 5) is 24.4. The van der Waals surface area contributed by atoms with Gasteiger partial charge in [0.25, 0.3) is 5.91 Å². The first kappa shape index (κ1) is 19.8. The summed E-state index contributed by atoms with van der Waals surface area (Å²) in [7, 11) is 3.12. The molecule has 6 nitrogen and oxygen atoms in total. The van der Waals surface area contributed by atoms with Crippen LogP contribution in [0, 0.1) is 0 Å². The van der Waals surface area contributed by atoms with E-state index in [4.69, 9.17) is 9.47 Å². The Morgan fingerprint density at radius 2 is 1.74 bits per heavy atom. The SMILES string of the molecule is C=CCNC(=O)c1ccccc1NC(=O)/C=C/c1cc(OC)cc(OC)c1. The summed E-state index contributed by atoms with van der Waals surface area (Å²) < 4.78 is 10.4. The largest absolute Gasteiger partial charge is 0.497 e. The molecular formula is C21H22N2O4. The first-order valence-corrected chi connectivity index (χ1v) is 8.27. The second-order valence-electron chi connectivity index (χ2n) is 5.51. The highest BCUT2D eigenvalue weighted by atomic mass is 16.5. The third-order valence-electron chi connectivity index (χ3n) is 3.64. The molecule has 0 fully saturated rings. The van der Waals surface area contributed by atoms with Crippen molar-refractivity contribution >= 4 is 23.6 Å². The lowest BCUT2D eigenvalue weighted by Gasteiger charge is -2.09. The summed E-state index contributed by atoms with van der Waals surface area (Å²) in [6.07, 6.45) is 4.61. The summed E-state index contributed by atoms with van der Waals surface area (Å²) in [5, 5.41) is 5.41. The Balaban J connectivity index is 2.13. The molecule has 0 aromatic heterocycles. The van der Waals surface area contributed by atoms with E-state index in [9.17, 15) is 9.59 Å². The molecule has 2 amide bonds. The van der Waals surface area contributed by atoms with Gasteiger partial charge < -0.3 is 20.1 Å². The van der Waals surface area contributed by atoms with Gasteiger partial charge in [0.2, 0.25) is 5.91 Å². The van der Waals surface area contributed by atoms with E-state index < -0.39 is 0 Å². The molecule has 0 aliphatic rings.